The third-order valence-corrected chi connectivity index (χ3v) is 5.33. The third kappa shape index (κ3) is 4.28. The number of amides is 4. The average Bonchev–Trinajstić information content (AvgIpc) is 2.94. The number of benzene rings is 1. The van der Waals surface area contributed by atoms with Gasteiger partial charge in [0.25, 0.3) is 11.8 Å². The highest BCUT2D eigenvalue weighted by Gasteiger charge is 2.41. The molecule has 9 heteroatoms. The van der Waals surface area contributed by atoms with E-state index in [4.69, 9.17) is 0 Å². The minimum absolute atomic E-state index is 0.0517. The largest absolute Gasteiger partial charge is 0.344 e. The van der Waals surface area contributed by atoms with E-state index in [2.05, 4.69) is 5.32 Å². The Bertz CT molecular complexity index is 850. The Kier molecular flexibility index (Phi) is 5.95. The van der Waals surface area contributed by atoms with Crippen molar-refractivity contribution in [2.45, 2.75) is 45.2 Å². The summed E-state index contributed by atoms with van der Waals surface area (Å²) in [4.78, 5) is 51.8. The summed E-state index contributed by atoms with van der Waals surface area (Å²) < 4.78 is 26.9. The number of likely N-dealkylation sites (tertiary alicyclic amines) is 2. The number of nitrogens with one attached hydrogen (secondary N) is 1. The minimum Gasteiger partial charge on any atom is -0.344 e. The van der Waals surface area contributed by atoms with Gasteiger partial charge in [0.2, 0.25) is 11.8 Å². The summed E-state index contributed by atoms with van der Waals surface area (Å²) in [5.74, 6) is -3.69. The van der Waals surface area contributed by atoms with E-state index in [-0.39, 0.29) is 42.9 Å². The van der Waals surface area contributed by atoms with Crippen LogP contribution in [0.15, 0.2) is 18.2 Å². The standard InChI is InChI=1S/C20H23F2N3O4/c1-11(2)25-17(26)10-16(20(25)29)23-18(27)12-5-7-24(8-6-12)19(28)14-4-3-13(21)9-15(14)22/h3-4,9,11-12,16H,5-8,10H2,1-2H3,(H,23,27). The molecule has 0 saturated carbocycles. The fraction of sp³-hybridized carbons (Fsp3) is 0.500. The van der Waals surface area contributed by atoms with Crippen LogP contribution >= 0.6 is 0 Å². The molecule has 0 bridgehead atoms. The maximum Gasteiger partial charge on any atom is 0.256 e. The summed E-state index contributed by atoms with van der Waals surface area (Å²) in [6, 6.07) is 1.67. The molecule has 2 aliphatic rings. The summed E-state index contributed by atoms with van der Waals surface area (Å²) in [5.41, 5.74) is -0.210. The van der Waals surface area contributed by atoms with Gasteiger partial charge in [0.15, 0.2) is 0 Å². The van der Waals surface area contributed by atoms with Gasteiger partial charge in [-0.25, -0.2) is 8.78 Å². The molecule has 29 heavy (non-hydrogen) atoms. The molecule has 0 aliphatic carbocycles. The van der Waals surface area contributed by atoms with Crippen molar-refractivity contribution in [1.29, 1.82) is 0 Å². The number of halogens is 2. The molecule has 156 valence electrons. The molecule has 7 nitrogen and oxygen atoms in total. The normalized spacial score (nSPS) is 20.5. The average molecular weight is 407 g/mol. The number of nitrogens with zero attached hydrogens (tertiary/aromatic N) is 2. The second-order valence-corrected chi connectivity index (χ2v) is 7.65. The quantitative estimate of drug-likeness (QED) is 0.766. The predicted octanol–water partition coefficient (Wildman–Crippen LogP) is 1.47. The van der Waals surface area contributed by atoms with E-state index in [0.717, 1.165) is 17.0 Å². The summed E-state index contributed by atoms with van der Waals surface area (Å²) in [6.45, 7) is 3.94. The topological polar surface area (TPSA) is 86.8 Å². The Morgan fingerprint density at radius 1 is 1.14 bits per heavy atom. The lowest BCUT2D eigenvalue weighted by atomic mass is 9.95. The predicted molar refractivity (Wildman–Crippen MR) is 98.5 cm³/mol. The Labute approximate surface area is 167 Å². The molecule has 1 aromatic carbocycles. The first-order valence-corrected chi connectivity index (χ1v) is 9.59. The fourth-order valence-corrected chi connectivity index (χ4v) is 3.77. The van der Waals surface area contributed by atoms with Crippen LogP contribution in [0, 0.1) is 17.6 Å². The van der Waals surface area contributed by atoms with Gasteiger partial charge in [-0.2, -0.15) is 0 Å². The van der Waals surface area contributed by atoms with Crippen LogP contribution in [0.5, 0.6) is 0 Å². The van der Waals surface area contributed by atoms with Gasteiger partial charge in [-0.3, -0.25) is 24.1 Å². The second kappa shape index (κ2) is 8.26. The maximum absolute atomic E-state index is 13.8. The molecule has 0 spiro atoms. The van der Waals surface area contributed by atoms with Crippen LogP contribution in [0.3, 0.4) is 0 Å². The molecule has 2 fully saturated rings. The SMILES string of the molecule is CC(C)N1C(=O)CC(NC(=O)C2CCN(C(=O)c3ccc(F)cc3F)CC2)C1=O. The van der Waals surface area contributed by atoms with Gasteiger partial charge in [0.1, 0.15) is 17.7 Å². The van der Waals surface area contributed by atoms with E-state index in [0.29, 0.717) is 18.9 Å². The smallest absolute Gasteiger partial charge is 0.256 e. The maximum atomic E-state index is 13.8. The molecule has 4 amide bonds. The zero-order chi connectivity index (χ0) is 21.3. The Morgan fingerprint density at radius 2 is 1.79 bits per heavy atom. The molecule has 2 saturated heterocycles. The van der Waals surface area contributed by atoms with E-state index in [1.54, 1.807) is 13.8 Å². The van der Waals surface area contributed by atoms with Gasteiger partial charge in [-0.1, -0.05) is 0 Å². The van der Waals surface area contributed by atoms with E-state index in [9.17, 15) is 28.0 Å². The third-order valence-electron chi connectivity index (χ3n) is 5.33. The molecule has 1 N–H and O–H groups in total. The van der Waals surface area contributed by atoms with Gasteiger partial charge in [0.05, 0.1) is 12.0 Å². The molecule has 1 atom stereocenters. The van der Waals surface area contributed by atoms with Crippen LogP contribution in [0.1, 0.15) is 43.5 Å². The monoisotopic (exact) mass is 407 g/mol. The summed E-state index contributed by atoms with van der Waals surface area (Å²) in [7, 11) is 0. The fourth-order valence-electron chi connectivity index (χ4n) is 3.77. The Hall–Kier alpha value is -2.84. The van der Waals surface area contributed by atoms with Crippen LogP contribution in [0.25, 0.3) is 0 Å². The number of piperidine rings is 1. The first-order chi connectivity index (χ1) is 13.7. The number of rotatable bonds is 4. The van der Waals surface area contributed by atoms with E-state index in [1.165, 1.54) is 4.90 Å². The van der Waals surface area contributed by atoms with Crippen molar-refractivity contribution in [3.8, 4) is 0 Å². The lowest BCUT2D eigenvalue weighted by Gasteiger charge is -2.32. The highest BCUT2D eigenvalue weighted by molar-refractivity contribution is 6.07. The van der Waals surface area contributed by atoms with Crippen molar-refractivity contribution < 1.29 is 28.0 Å². The molecule has 0 radical (unpaired) electrons. The van der Waals surface area contributed by atoms with Crippen LogP contribution in [-0.2, 0) is 14.4 Å². The van der Waals surface area contributed by atoms with Gasteiger partial charge in [-0.15, -0.1) is 0 Å². The van der Waals surface area contributed by atoms with Crippen molar-refractivity contribution in [3.63, 3.8) is 0 Å². The first-order valence-electron chi connectivity index (χ1n) is 9.59. The minimum atomic E-state index is -0.922. The van der Waals surface area contributed by atoms with Gasteiger partial charge in [0, 0.05) is 31.1 Å². The number of carbonyl (C=O) groups is 4. The lowest BCUT2D eigenvalue weighted by molar-refractivity contribution is -0.141. The molecule has 1 unspecified atom stereocenters. The first kappa shape index (κ1) is 20.9. The van der Waals surface area contributed by atoms with Crippen LogP contribution in [-0.4, -0.2) is 58.6 Å². The summed E-state index contributed by atoms with van der Waals surface area (Å²) in [6.07, 6.45) is 0.649. The van der Waals surface area contributed by atoms with Gasteiger partial charge in [-0.05, 0) is 38.8 Å². The van der Waals surface area contributed by atoms with Gasteiger partial charge >= 0.3 is 0 Å². The highest BCUT2D eigenvalue weighted by Crippen LogP contribution is 2.22. The van der Waals surface area contributed by atoms with E-state index < -0.39 is 35.4 Å². The van der Waals surface area contributed by atoms with Crippen LogP contribution < -0.4 is 5.32 Å². The lowest BCUT2D eigenvalue weighted by Crippen LogP contribution is -2.48. The Morgan fingerprint density at radius 3 is 2.34 bits per heavy atom. The molecular formula is C20H23F2N3O4. The summed E-state index contributed by atoms with van der Waals surface area (Å²) in [5, 5.41) is 2.65. The number of imide groups is 1. The van der Waals surface area contributed by atoms with Crippen LogP contribution in [0.4, 0.5) is 8.78 Å². The van der Waals surface area contributed by atoms with Crippen molar-refractivity contribution in [2.75, 3.05) is 13.1 Å². The van der Waals surface area contributed by atoms with Crippen molar-refractivity contribution in [2.24, 2.45) is 5.92 Å². The van der Waals surface area contributed by atoms with E-state index in [1.807, 2.05) is 0 Å². The highest BCUT2D eigenvalue weighted by atomic mass is 19.1. The van der Waals surface area contributed by atoms with Crippen molar-refractivity contribution in [3.05, 3.63) is 35.4 Å². The Balaban J connectivity index is 1.55. The molecule has 0 aromatic heterocycles. The number of hydrogen-bond acceptors (Lipinski definition) is 4. The van der Waals surface area contributed by atoms with Crippen LogP contribution in [0.2, 0.25) is 0 Å². The zero-order valence-corrected chi connectivity index (χ0v) is 16.3. The molecule has 2 aliphatic heterocycles. The van der Waals surface area contributed by atoms with Gasteiger partial charge < -0.3 is 10.2 Å². The second-order valence-electron chi connectivity index (χ2n) is 7.65. The molecule has 2 heterocycles. The van der Waals surface area contributed by atoms with Crippen molar-refractivity contribution >= 4 is 23.6 Å². The zero-order valence-electron chi connectivity index (χ0n) is 16.3. The van der Waals surface area contributed by atoms with Crippen molar-refractivity contribution in [1.82, 2.24) is 15.1 Å². The number of hydrogen-bond donors (Lipinski definition) is 1. The molecular weight excluding hydrogens is 384 g/mol. The number of carbonyl (C=O) groups excluding carboxylic acids is 4. The molecule has 1 aromatic rings. The molecule has 3 rings (SSSR count). The van der Waals surface area contributed by atoms with E-state index >= 15 is 0 Å². The summed E-state index contributed by atoms with van der Waals surface area (Å²) >= 11 is 0.